The van der Waals surface area contributed by atoms with Crippen molar-refractivity contribution in [3.8, 4) is 0 Å². The Hall–Kier alpha value is -1.55. The fourth-order valence-corrected chi connectivity index (χ4v) is 3.37. The Labute approximate surface area is 210 Å². The smallest absolute Gasteiger partial charge is 0.548 e. The van der Waals surface area contributed by atoms with Crippen LogP contribution < -0.4 is 50.6 Å². The van der Waals surface area contributed by atoms with Gasteiger partial charge in [0.05, 0.1) is 12.0 Å². The van der Waals surface area contributed by atoms with Crippen LogP contribution in [-0.4, -0.2) is 54.3 Å². The van der Waals surface area contributed by atoms with E-state index >= 15 is 0 Å². The number of carboxylic acid groups (broad SMARTS) is 1. The third kappa shape index (κ3) is 11.6. The van der Waals surface area contributed by atoms with Crippen molar-refractivity contribution in [2.75, 3.05) is 12.0 Å². The van der Waals surface area contributed by atoms with E-state index in [1.165, 1.54) is 11.8 Å². The van der Waals surface area contributed by atoms with Gasteiger partial charge in [-0.3, -0.25) is 14.4 Å². The molecule has 0 aromatic heterocycles. The van der Waals surface area contributed by atoms with Gasteiger partial charge in [0.2, 0.25) is 18.2 Å². The van der Waals surface area contributed by atoms with Crippen LogP contribution in [0.1, 0.15) is 32.3 Å². The number of carboxylic acids is 1. The molecule has 0 spiro atoms. The standard InChI is InChI=1S/C21H31N3O5S.Na/c1-14(2)11-17(23-19(26)16(22-13-25)9-10-30-3)20(27)24-18(21(28)29)12-15-7-5-4-6-8-15;/h4-8,13-14,16-18H,9-12H2,1-3H3,(H,22,25)(H,23,26)(H,24,27)(H,28,29);/q;+1/p-1/t16-,17-,18-;/m0./s1. The van der Waals surface area contributed by atoms with Crippen molar-refractivity contribution < 1.29 is 53.8 Å². The Bertz CT molecular complexity index is 706. The third-order valence-corrected chi connectivity index (χ3v) is 5.06. The fourth-order valence-electron chi connectivity index (χ4n) is 2.90. The van der Waals surface area contributed by atoms with Gasteiger partial charge < -0.3 is 25.9 Å². The summed E-state index contributed by atoms with van der Waals surface area (Å²) in [5.41, 5.74) is 0.740. The van der Waals surface area contributed by atoms with Crippen LogP contribution in [0.2, 0.25) is 0 Å². The predicted molar refractivity (Wildman–Crippen MR) is 114 cm³/mol. The van der Waals surface area contributed by atoms with Gasteiger partial charge in [0.15, 0.2) is 0 Å². The maximum absolute atomic E-state index is 12.8. The minimum atomic E-state index is -1.40. The molecule has 3 atom stereocenters. The number of benzene rings is 1. The molecule has 0 bridgehead atoms. The first-order chi connectivity index (χ1) is 14.3. The molecule has 0 aliphatic rings. The van der Waals surface area contributed by atoms with E-state index < -0.39 is 35.9 Å². The summed E-state index contributed by atoms with van der Waals surface area (Å²) in [6.07, 6.45) is 3.14. The van der Waals surface area contributed by atoms with Crippen molar-refractivity contribution in [1.29, 1.82) is 0 Å². The van der Waals surface area contributed by atoms with Crippen LogP contribution in [0, 0.1) is 5.92 Å². The molecule has 0 unspecified atom stereocenters. The van der Waals surface area contributed by atoms with Crippen molar-refractivity contribution in [1.82, 2.24) is 16.0 Å². The molecule has 0 aliphatic heterocycles. The first-order valence-corrected chi connectivity index (χ1v) is 11.2. The van der Waals surface area contributed by atoms with Crippen LogP contribution in [0.3, 0.4) is 0 Å². The second-order valence-corrected chi connectivity index (χ2v) is 8.36. The summed E-state index contributed by atoms with van der Waals surface area (Å²) in [5.74, 6) is -1.76. The SMILES string of the molecule is CSCC[C@H](NC=O)C(=O)N[C@@H](CC(C)C)C(=O)N[C@@H](Cc1ccccc1)C(=O)[O-].[Na+]. The van der Waals surface area contributed by atoms with E-state index in [0.717, 1.165) is 5.56 Å². The molecular formula is C21H30N3NaO5S. The minimum Gasteiger partial charge on any atom is -0.548 e. The number of nitrogens with one attached hydrogen (secondary N) is 3. The zero-order valence-corrected chi connectivity index (χ0v) is 21.4. The van der Waals surface area contributed by atoms with Gasteiger partial charge in [-0.15, -0.1) is 0 Å². The summed E-state index contributed by atoms with van der Waals surface area (Å²) in [4.78, 5) is 47.8. The summed E-state index contributed by atoms with van der Waals surface area (Å²) >= 11 is 1.53. The van der Waals surface area contributed by atoms with Gasteiger partial charge in [0, 0.05) is 0 Å². The Morgan fingerprint density at radius 3 is 2.13 bits per heavy atom. The number of thioether (sulfide) groups is 1. The van der Waals surface area contributed by atoms with Crippen LogP contribution in [0.5, 0.6) is 0 Å². The van der Waals surface area contributed by atoms with Crippen molar-refractivity contribution >= 4 is 36.0 Å². The number of hydrogen-bond acceptors (Lipinski definition) is 6. The summed E-state index contributed by atoms with van der Waals surface area (Å²) in [5, 5.41) is 19.2. The van der Waals surface area contributed by atoms with Crippen molar-refractivity contribution in [3.05, 3.63) is 35.9 Å². The average molecular weight is 460 g/mol. The molecule has 166 valence electrons. The molecule has 1 aromatic rings. The molecule has 0 heterocycles. The maximum atomic E-state index is 12.8. The molecule has 1 rings (SSSR count). The molecule has 0 fully saturated rings. The number of carbonyl (C=O) groups is 4. The maximum Gasteiger partial charge on any atom is 1.00 e. The second kappa shape index (κ2) is 16.1. The van der Waals surface area contributed by atoms with Gasteiger partial charge in [0.25, 0.3) is 0 Å². The number of amides is 3. The average Bonchev–Trinajstić information content (AvgIpc) is 2.70. The number of hydrogen-bond donors (Lipinski definition) is 3. The topological polar surface area (TPSA) is 127 Å². The fraction of sp³-hybridized carbons (Fsp3) is 0.524. The van der Waals surface area contributed by atoms with Crippen LogP contribution in [0.25, 0.3) is 0 Å². The molecule has 3 N–H and O–H groups in total. The Morgan fingerprint density at radius 2 is 1.61 bits per heavy atom. The van der Waals surface area contributed by atoms with Gasteiger partial charge in [-0.2, -0.15) is 11.8 Å². The summed E-state index contributed by atoms with van der Waals surface area (Å²) < 4.78 is 0. The third-order valence-electron chi connectivity index (χ3n) is 4.42. The molecular weight excluding hydrogens is 429 g/mol. The van der Waals surface area contributed by atoms with Gasteiger partial charge in [-0.1, -0.05) is 44.2 Å². The Morgan fingerprint density at radius 1 is 1.03 bits per heavy atom. The van der Waals surface area contributed by atoms with E-state index in [1.54, 1.807) is 24.3 Å². The summed E-state index contributed by atoms with van der Waals surface area (Å²) in [6.45, 7) is 3.78. The molecule has 0 aliphatic carbocycles. The molecule has 0 radical (unpaired) electrons. The molecule has 8 nitrogen and oxygen atoms in total. The van der Waals surface area contributed by atoms with Gasteiger partial charge >= 0.3 is 29.6 Å². The number of rotatable bonds is 14. The van der Waals surface area contributed by atoms with E-state index in [-0.39, 0.29) is 41.9 Å². The number of aliphatic carboxylic acids is 1. The van der Waals surface area contributed by atoms with Crippen LogP contribution >= 0.6 is 11.8 Å². The van der Waals surface area contributed by atoms with Crippen molar-refractivity contribution in [2.45, 2.75) is 51.2 Å². The Kier molecular flexibility index (Phi) is 15.3. The number of carbonyl (C=O) groups excluding carboxylic acids is 4. The van der Waals surface area contributed by atoms with E-state index in [1.807, 2.05) is 26.2 Å². The first kappa shape index (κ1) is 29.5. The van der Waals surface area contributed by atoms with Crippen molar-refractivity contribution in [3.63, 3.8) is 0 Å². The van der Waals surface area contributed by atoms with Crippen molar-refractivity contribution in [2.24, 2.45) is 5.92 Å². The molecule has 1 aromatic carbocycles. The van der Waals surface area contributed by atoms with Gasteiger partial charge in [-0.25, -0.2) is 0 Å². The summed E-state index contributed by atoms with van der Waals surface area (Å²) in [7, 11) is 0. The van der Waals surface area contributed by atoms with E-state index in [2.05, 4.69) is 16.0 Å². The predicted octanol–water partition coefficient (Wildman–Crippen LogP) is -3.13. The molecule has 0 saturated carbocycles. The Balaban J connectivity index is 0.00000900. The monoisotopic (exact) mass is 459 g/mol. The zero-order chi connectivity index (χ0) is 22.5. The largest absolute Gasteiger partial charge is 1.00 e. The van der Waals surface area contributed by atoms with Crippen LogP contribution in [-0.2, 0) is 25.6 Å². The summed E-state index contributed by atoms with van der Waals surface area (Å²) in [6, 6.07) is 5.96. The second-order valence-electron chi connectivity index (χ2n) is 7.38. The van der Waals surface area contributed by atoms with Crippen LogP contribution in [0.15, 0.2) is 30.3 Å². The normalized spacial score (nSPS) is 13.3. The molecule has 3 amide bonds. The molecule has 10 heteroatoms. The van der Waals surface area contributed by atoms with E-state index in [0.29, 0.717) is 25.0 Å². The van der Waals surface area contributed by atoms with E-state index in [4.69, 9.17) is 0 Å². The van der Waals surface area contributed by atoms with Crippen LogP contribution in [0.4, 0.5) is 0 Å². The van der Waals surface area contributed by atoms with Gasteiger partial charge in [-0.05, 0) is 42.8 Å². The zero-order valence-electron chi connectivity index (χ0n) is 18.6. The molecule has 31 heavy (non-hydrogen) atoms. The quantitative estimate of drug-likeness (QED) is 0.199. The molecule has 0 saturated heterocycles. The van der Waals surface area contributed by atoms with E-state index in [9.17, 15) is 24.3 Å². The van der Waals surface area contributed by atoms with Gasteiger partial charge in [0.1, 0.15) is 12.1 Å². The minimum absolute atomic E-state index is 0. The first-order valence-electron chi connectivity index (χ1n) is 9.82.